The fourth-order valence-corrected chi connectivity index (χ4v) is 3.84. The number of amides is 2. The lowest BCUT2D eigenvalue weighted by atomic mass is 10.2. The van der Waals surface area contributed by atoms with Gasteiger partial charge >= 0.3 is 6.09 Å². The second-order valence-electron chi connectivity index (χ2n) is 8.53. The lowest BCUT2D eigenvalue weighted by Crippen LogP contribution is -2.41. The van der Waals surface area contributed by atoms with Crippen LogP contribution in [0.5, 0.6) is 5.75 Å². The van der Waals surface area contributed by atoms with Gasteiger partial charge in [-0.1, -0.05) is 20.8 Å². The molecular weight excluding hydrogens is 364 g/mol. The van der Waals surface area contributed by atoms with Crippen LogP contribution in [0.1, 0.15) is 27.2 Å². The molecule has 27 heavy (non-hydrogen) atoms. The van der Waals surface area contributed by atoms with Crippen LogP contribution < -0.4 is 15.0 Å². The Morgan fingerprint density at radius 3 is 2.74 bits per heavy atom. The molecule has 0 spiro atoms. The van der Waals surface area contributed by atoms with Gasteiger partial charge in [-0.15, -0.1) is 0 Å². The highest BCUT2D eigenvalue weighted by Crippen LogP contribution is 2.37. The minimum atomic E-state index is -1.81. The van der Waals surface area contributed by atoms with E-state index in [0.29, 0.717) is 36.7 Å². The number of anilines is 2. The van der Waals surface area contributed by atoms with Crippen LogP contribution in [0.3, 0.4) is 0 Å². The molecule has 1 aromatic carbocycles. The second kappa shape index (κ2) is 7.16. The Balaban J connectivity index is 1.60. The van der Waals surface area contributed by atoms with E-state index < -0.39 is 8.32 Å². The van der Waals surface area contributed by atoms with E-state index in [1.54, 1.807) is 23.1 Å². The molecule has 0 aromatic heterocycles. The highest BCUT2D eigenvalue weighted by molar-refractivity contribution is 6.74. The number of carbonyl (C=O) groups excluding carboxylic acids is 2. The van der Waals surface area contributed by atoms with E-state index in [1.807, 2.05) is 0 Å². The van der Waals surface area contributed by atoms with Crippen molar-refractivity contribution in [2.75, 3.05) is 30.0 Å². The molecule has 1 N–H and O–H groups in total. The first-order valence-corrected chi connectivity index (χ1v) is 12.2. The van der Waals surface area contributed by atoms with Gasteiger partial charge in [0.25, 0.3) is 5.91 Å². The highest BCUT2D eigenvalue weighted by Gasteiger charge is 2.38. The minimum absolute atomic E-state index is 0.00834. The zero-order valence-electron chi connectivity index (χ0n) is 16.6. The van der Waals surface area contributed by atoms with Crippen LogP contribution in [0.25, 0.3) is 0 Å². The normalized spacial score (nSPS) is 20.0. The van der Waals surface area contributed by atoms with Gasteiger partial charge in [0.1, 0.15) is 11.9 Å². The molecule has 1 atom stereocenters. The van der Waals surface area contributed by atoms with Gasteiger partial charge < -0.3 is 19.2 Å². The van der Waals surface area contributed by atoms with Crippen LogP contribution >= 0.6 is 0 Å². The highest BCUT2D eigenvalue weighted by atomic mass is 28.4. The first kappa shape index (κ1) is 19.7. The third-order valence-corrected chi connectivity index (χ3v) is 10.0. The molecule has 0 bridgehead atoms. The Morgan fingerprint density at radius 1 is 1.30 bits per heavy atom. The Labute approximate surface area is 161 Å². The summed E-state index contributed by atoms with van der Waals surface area (Å²) in [6.45, 7) is 12.1. The maximum atomic E-state index is 12.3. The largest absolute Gasteiger partial charge is 0.482 e. The molecule has 0 saturated carbocycles. The summed E-state index contributed by atoms with van der Waals surface area (Å²) in [5.74, 6) is 0.398. The van der Waals surface area contributed by atoms with Crippen LogP contribution in [-0.2, 0) is 14.0 Å². The maximum Gasteiger partial charge on any atom is 0.414 e. The van der Waals surface area contributed by atoms with Crippen molar-refractivity contribution in [2.24, 2.45) is 0 Å². The topological polar surface area (TPSA) is 77.1 Å². The van der Waals surface area contributed by atoms with Gasteiger partial charge in [0.15, 0.2) is 14.9 Å². The summed E-state index contributed by atoms with van der Waals surface area (Å²) in [4.78, 5) is 25.4. The van der Waals surface area contributed by atoms with Crippen LogP contribution in [0.4, 0.5) is 16.2 Å². The third-order valence-electron chi connectivity index (χ3n) is 5.49. The van der Waals surface area contributed by atoms with Gasteiger partial charge in [-0.05, 0) is 36.3 Å². The van der Waals surface area contributed by atoms with Gasteiger partial charge in [-0.2, -0.15) is 0 Å². The number of nitrogens with zero attached hydrogens (tertiary/aromatic N) is 1. The summed E-state index contributed by atoms with van der Waals surface area (Å²) >= 11 is 0. The molecule has 0 radical (unpaired) electrons. The van der Waals surface area contributed by atoms with Crippen molar-refractivity contribution in [1.82, 2.24) is 0 Å². The molecule has 1 fully saturated rings. The van der Waals surface area contributed by atoms with Crippen molar-refractivity contribution in [3.05, 3.63) is 18.2 Å². The summed E-state index contributed by atoms with van der Waals surface area (Å²) in [5.41, 5.74) is 1.25. The summed E-state index contributed by atoms with van der Waals surface area (Å²) in [5, 5.41) is 2.91. The fourth-order valence-electron chi connectivity index (χ4n) is 2.78. The number of benzene rings is 1. The predicted octanol–water partition coefficient (Wildman–Crippen LogP) is 3.75. The summed E-state index contributed by atoms with van der Waals surface area (Å²) in [7, 11) is -1.81. The molecule has 1 aromatic rings. The van der Waals surface area contributed by atoms with Gasteiger partial charge in [-0.3, -0.25) is 9.69 Å². The first-order valence-electron chi connectivity index (χ1n) is 9.26. The van der Waals surface area contributed by atoms with E-state index >= 15 is 0 Å². The zero-order chi connectivity index (χ0) is 19.8. The number of carbonyl (C=O) groups is 2. The number of nitrogens with one attached hydrogen (secondary N) is 1. The first-order chi connectivity index (χ1) is 12.6. The van der Waals surface area contributed by atoms with Crippen molar-refractivity contribution >= 4 is 31.7 Å². The number of fused-ring (bicyclic) bond motifs is 1. The van der Waals surface area contributed by atoms with E-state index in [4.69, 9.17) is 13.9 Å². The lowest BCUT2D eigenvalue weighted by molar-refractivity contribution is -0.118. The van der Waals surface area contributed by atoms with E-state index in [1.165, 1.54) is 0 Å². The Kier molecular flexibility index (Phi) is 5.22. The van der Waals surface area contributed by atoms with Crippen LogP contribution in [0, 0.1) is 0 Å². The Morgan fingerprint density at radius 2 is 2.04 bits per heavy atom. The van der Waals surface area contributed by atoms with Gasteiger partial charge in [0.05, 0.1) is 12.2 Å². The van der Waals surface area contributed by atoms with Crippen molar-refractivity contribution in [3.8, 4) is 5.75 Å². The maximum absolute atomic E-state index is 12.3. The number of hydrogen-bond acceptors (Lipinski definition) is 5. The fraction of sp³-hybridized carbons (Fsp3) is 0.579. The predicted molar refractivity (Wildman–Crippen MR) is 106 cm³/mol. The molecular formula is C19H28N2O5Si. The Bertz CT molecular complexity index is 744. The van der Waals surface area contributed by atoms with Gasteiger partial charge in [0.2, 0.25) is 0 Å². The lowest BCUT2D eigenvalue weighted by Gasteiger charge is -2.36. The van der Waals surface area contributed by atoms with Crippen molar-refractivity contribution in [2.45, 2.75) is 51.4 Å². The summed E-state index contributed by atoms with van der Waals surface area (Å²) < 4.78 is 17.0. The van der Waals surface area contributed by atoms with Crippen molar-refractivity contribution < 1.29 is 23.5 Å². The van der Waals surface area contributed by atoms with Crippen LogP contribution in [-0.4, -0.2) is 46.2 Å². The molecule has 7 nitrogen and oxygen atoms in total. The number of ether oxygens (including phenoxy) is 2. The van der Waals surface area contributed by atoms with E-state index in [9.17, 15) is 9.59 Å². The summed E-state index contributed by atoms with van der Waals surface area (Å²) in [6, 6.07) is 5.29. The monoisotopic (exact) mass is 392 g/mol. The molecule has 2 amide bonds. The van der Waals surface area contributed by atoms with Crippen LogP contribution in [0.2, 0.25) is 18.1 Å². The third kappa shape index (κ3) is 4.27. The average molecular weight is 393 g/mol. The van der Waals surface area contributed by atoms with E-state index in [0.717, 1.165) is 0 Å². The second-order valence-corrected chi connectivity index (χ2v) is 13.3. The standard InChI is InChI=1S/C19H28N2O5Si/c1-19(2,3)27(4,5)25-9-8-14-11-21(18(23)26-14)13-6-7-16-15(10-13)20-17(22)12-24-16/h6-7,10,14H,8-9,11-12H2,1-5H3,(H,20,22)/t14-/m1/s1. The number of rotatable bonds is 5. The molecule has 1 saturated heterocycles. The molecule has 2 aliphatic rings. The smallest absolute Gasteiger partial charge is 0.414 e. The number of hydrogen-bond donors (Lipinski definition) is 1. The molecule has 148 valence electrons. The zero-order valence-corrected chi connectivity index (χ0v) is 17.6. The average Bonchev–Trinajstić information content (AvgIpc) is 2.93. The molecule has 0 aliphatic carbocycles. The SMILES string of the molecule is CC(C)(C)[Si](C)(C)OCC[C@@H]1CN(c2ccc3c(c2)NC(=O)CO3)C(=O)O1. The van der Waals surface area contributed by atoms with E-state index in [-0.39, 0.29) is 29.7 Å². The molecule has 8 heteroatoms. The molecule has 2 aliphatic heterocycles. The Hall–Kier alpha value is -2.06. The van der Waals surface area contributed by atoms with E-state index in [2.05, 4.69) is 39.2 Å². The molecule has 0 unspecified atom stereocenters. The van der Waals surface area contributed by atoms with Crippen molar-refractivity contribution in [1.29, 1.82) is 0 Å². The quantitative estimate of drug-likeness (QED) is 0.772. The van der Waals surface area contributed by atoms with Crippen LogP contribution in [0.15, 0.2) is 18.2 Å². The minimum Gasteiger partial charge on any atom is -0.482 e. The number of cyclic esters (lactones) is 1. The van der Waals surface area contributed by atoms with Gasteiger partial charge in [0, 0.05) is 18.7 Å². The van der Waals surface area contributed by atoms with Gasteiger partial charge in [-0.25, -0.2) is 4.79 Å². The van der Waals surface area contributed by atoms with Crippen molar-refractivity contribution in [3.63, 3.8) is 0 Å². The molecule has 3 rings (SSSR count). The molecule has 2 heterocycles. The summed E-state index contributed by atoms with van der Waals surface area (Å²) in [6.07, 6.45) is 0.0824.